The number of aliphatic hydroxyl groups is 1. The van der Waals surface area contributed by atoms with Crippen molar-refractivity contribution in [2.24, 2.45) is 0 Å². The Morgan fingerprint density at radius 3 is 2.47 bits per heavy atom. The molecule has 0 aliphatic carbocycles. The van der Waals surface area contributed by atoms with Crippen molar-refractivity contribution in [3.8, 4) is 11.5 Å². The van der Waals surface area contributed by atoms with Crippen molar-refractivity contribution in [3.63, 3.8) is 0 Å². The van der Waals surface area contributed by atoms with E-state index in [1.165, 1.54) is 0 Å². The molecule has 0 saturated carbocycles. The normalized spacial score (nSPS) is 10.8. The molecule has 0 radical (unpaired) electrons. The smallest absolute Gasteiger partial charge is 0.119 e. The van der Waals surface area contributed by atoms with Crippen molar-refractivity contribution in [1.82, 2.24) is 0 Å². The summed E-state index contributed by atoms with van der Waals surface area (Å²) in [6, 6.07) is 11.2. The molecule has 0 atom stereocenters. The predicted octanol–water partition coefficient (Wildman–Crippen LogP) is 3.48. The average molecular weight is 260 g/mol. The third kappa shape index (κ3) is 4.14. The lowest BCUT2D eigenvalue weighted by atomic mass is 10.1. The van der Waals surface area contributed by atoms with E-state index in [-0.39, 0.29) is 12.4 Å². The molecule has 0 spiro atoms. The van der Waals surface area contributed by atoms with Crippen LogP contribution in [0, 0.1) is 0 Å². The number of phenols is 1. The molecule has 0 aliphatic rings. The molecule has 2 N–H and O–H groups in total. The Bertz CT molecular complexity index is 522. The van der Waals surface area contributed by atoms with Gasteiger partial charge in [0.1, 0.15) is 11.5 Å². The molecule has 3 heteroatoms. The van der Waals surface area contributed by atoms with Gasteiger partial charge in [0.2, 0.25) is 0 Å². The first-order valence-electron chi connectivity index (χ1n) is 6.76. The van der Waals surface area contributed by atoms with E-state index in [1.54, 1.807) is 12.1 Å². The predicted molar refractivity (Wildman–Crippen MR) is 76.7 cm³/mol. The van der Waals surface area contributed by atoms with Gasteiger partial charge in [0.05, 0.1) is 6.61 Å². The lowest BCUT2D eigenvalue weighted by molar-refractivity contribution is 0.273. The minimum atomic E-state index is 0.272. The van der Waals surface area contributed by atoms with Crippen molar-refractivity contribution in [1.29, 1.82) is 0 Å². The molecule has 0 bridgehead atoms. The number of rotatable bonds is 7. The Morgan fingerprint density at radius 1 is 0.842 bits per heavy atom. The number of hydrogen-bond acceptors (Lipinski definition) is 3. The number of aliphatic hydroxyl groups excluding tert-OH is 1. The average Bonchev–Trinajstić information content (AvgIpc) is 2.42. The molecular formula is C16H20O3. The zero-order chi connectivity index (χ0) is 13.5. The molecule has 2 aromatic rings. The van der Waals surface area contributed by atoms with E-state index in [4.69, 9.17) is 9.84 Å². The second kappa shape index (κ2) is 7.00. The first kappa shape index (κ1) is 13.7. The van der Waals surface area contributed by atoms with Gasteiger partial charge >= 0.3 is 0 Å². The van der Waals surface area contributed by atoms with Crippen molar-refractivity contribution >= 4 is 10.8 Å². The summed E-state index contributed by atoms with van der Waals surface area (Å²) in [6.07, 6.45) is 3.99. The van der Waals surface area contributed by atoms with Crippen LogP contribution in [0.25, 0.3) is 10.8 Å². The third-order valence-electron chi connectivity index (χ3n) is 3.12. The Labute approximate surface area is 113 Å². The minimum Gasteiger partial charge on any atom is -0.508 e. The van der Waals surface area contributed by atoms with Crippen molar-refractivity contribution < 1.29 is 14.9 Å². The van der Waals surface area contributed by atoms with E-state index >= 15 is 0 Å². The molecule has 0 aliphatic heterocycles. The largest absolute Gasteiger partial charge is 0.508 e. The van der Waals surface area contributed by atoms with E-state index in [9.17, 15) is 5.11 Å². The highest BCUT2D eigenvalue weighted by molar-refractivity contribution is 5.85. The maximum atomic E-state index is 9.46. The van der Waals surface area contributed by atoms with Gasteiger partial charge in [0, 0.05) is 6.61 Å². The summed E-state index contributed by atoms with van der Waals surface area (Å²) in [5, 5.41) is 20.2. The molecule has 102 valence electrons. The molecular weight excluding hydrogens is 240 g/mol. The summed E-state index contributed by atoms with van der Waals surface area (Å²) >= 11 is 0. The van der Waals surface area contributed by atoms with Crippen LogP contribution in [0.3, 0.4) is 0 Å². The fourth-order valence-electron chi connectivity index (χ4n) is 2.06. The number of aromatic hydroxyl groups is 1. The molecule has 0 unspecified atom stereocenters. The zero-order valence-electron chi connectivity index (χ0n) is 11.0. The SMILES string of the molecule is OCCCCCCOc1ccc2ccc(O)cc2c1. The van der Waals surface area contributed by atoms with Crippen molar-refractivity contribution in [2.45, 2.75) is 25.7 Å². The number of unbranched alkanes of at least 4 members (excludes halogenated alkanes) is 3. The number of ether oxygens (including phenoxy) is 1. The highest BCUT2D eigenvalue weighted by atomic mass is 16.5. The minimum absolute atomic E-state index is 0.272. The number of benzene rings is 2. The van der Waals surface area contributed by atoms with Gasteiger partial charge < -0.3 is 14.9 Å². The lowest BCUT2D eigenvalue weighted by Gasteiger charge is -2.07. The Balaban J connectivity index is 1.87. The molecule has 2 rings (SSSR count). The standard InChI is InChI=1S/C16H20O3/c17-9-3-1-2-4-10-19-16-8-6-13-5-7-15(18)11-14(13)12-16/h5-8,11-12,17-18H,1-4,9-10H2. The van der Waals surface area contributed by atoms with Crippen molar-refractivity contribution in [2.75, 3.05) is 13.2 Å². The maximum Gasteiger partial charge on any atom is 0.119 e. The summed E-state index contributed by atoms with van der Waals surface area (Å²) in [4.78, 5) is 0. The third-order valence-corrected chi connectivity index (χ3v) is 3.12. The van der Waals surface area contributed by atoms with Gasteiger partial charge in [-0.1, -0.05) is 18.6 Å². The fraction of sp³-hybridized carbons (Fsp3) is 0.375. The Morgan fingerprint density at radius 2 is 1.63 bits per heavy atom. The van der Waals surface area contributed by atoms with E-state index in [0.717, 1.165) is 42.2 Å². The van der Waals surface area contributed by atoms with E-state index in [1.807, 2.05) is 24.3 Å². The van der Waals surface area contributed by atoms with Crippen LogP contribution in [0.2, 0.25) is 0 Å². The van der Waals surface area contributed by atoms with Crippen molar-refractivity contribution in [3.05, 3.63) is 36.4 Å². The molecule has 0 amide bonds. The van der Waals surface area contributed by atoms with Crippen LogP contribution in [0.5, 0.6) is 11.5 Å². The molecule has 0 saturated heterocycles. The summed E-state index contributed by atoms with van der Waals surface area (Å²) in [5.41, 5.74) is 0. The molecule has 19 heavy (non-hydrogen) atoms. The van der Waals surface area contributed by atoms with E-state index in [2.05, 4.69) is 0 Å². The highest BCUT2D eigenvalue weighted by Crippen LogP contribution is 2.24. The molecule has 0 fully saturated rings. The second-order valence-corrected chi connectivity index (χ2v) is 4.68. The van der Waals surface area contributed by atoms with Gasteiger partial charge in [-0.05, 0) is 54.3 Å². The van der Waals surface area contributed by atoms with Gasteiger partial charge in [-0.2, -0.15) is 0 Å². The summed E-state index contributed by atoms with van der Waals surface area (Å²) in [6.45, 7) is 0.963. The van der Waals surface area contributed by atoms with Gasteiger partial charge in [-0.15, -0.1) is 0 Å². The van der Waals surface area contributed by atoms with Gasteiger partial charge in [0.25, 0.3) is 0 Å². The van der Waals surface area contributed by atoms with Crippen LogP contribution in [0.1, 0.15) is 25.7 Å². The molecule has 2 aromatic carbocycles. The van der Waals surface area contributed by atoms with Gasteiger partial charge in [-0.25, -0.2) is 0 Å². The molecule has 0 aromatic heterocycles. The summed E-state index contributed by atoms with van der Waals surface area (Å²) in [7, 11) is 0. The highest BCUT2D eigenvalue weighted by Gasteiger charge is 1.99. The molecule has 0 heterocycles. The first-order valence-corrected chi connectivity index (χ1v) is 6.76. The van der Waals surface area contributed by atoms with Crippen LogP contribution in [-0.2, 0) is 0 Å². The summed E-state index contributed by atoms with van der Waals surface area (Å²) in [5.74, 6) is 1.11. The first-order chi connectivity index (χ1) is 9.29. The number of phenolic OH excluding ortho intramolecular Hbond substituents is 1. The second-order valence-electron chi connectivity index (χ2n) is 4.68. The van der Waals surface area contributed by atoms with Gasteiger partial charge in [-0.3, -0.25) is 0 Å². The van der Waals surface area contributed by atoms with Crippen LogP contribution in [0.15, 0.2) is 36.4 Å². The van der Waals surface area contributed by atoms with Gasteiger partial charge in [0.15, 0.2) is 0 Å². The monoisotopic (exact) mass is 260 g/mol. The number of hydrogen-bond donors (Lipinski definition) is 2. The fourth-order valence-corrected chi connectivity index (χ4v) is 2.06. The lowest BCUT2D eigenvalue weighted by Crippen LogP contribution is -1.97. The topological polar surface area (TPSA) is 49.7 Å². The summed E-state index contributed by atoms with van der Waals surface area (Å²) < 4.78 is 5.69. The van der Waals surface area contributed by atoms with E-state index in [0.29, 0.717) is 6.61 Å². The van der Waals surface area contributed by atoms with Crippen LogP contribution in [0.4, 0.5) is 0 Å². The zero-order valence-corrected chi connectivity index (χ0v) is 11.0. The van der Waals surface area contributed by atoms with Crippen LogP contribution < -0.4 is 4.74 Å². The molecule has 3 nitrogen and oxygen atoms in total. The maximum absolute atomic E-state index is 9.46. The Kier molecular flexibility index (Phi) is 5.04. The van der Waals surface area contributed by atoms with E-state index < -0.39 is 0 Å². The van der Waals surface area contributed by atoms with Crippen LogP contribution in [-0.4, -0.2) is 23.4 Å². The quantitative estimate of drug-likeness (QED) is 0.749. The Hall–Kier alpha value is -1.74. The van der Waals surface area contributed by atoms with Crippen LogP contribution >= 0.6 is 0 Å². The number of fused-ring (bicyclic) bond motifs is 1.